The zero-order valence-electron chi connectivity index (χ0n) is 15.3. The summed E-state index contributed by atoms with van der Waals surface area (Å²) in [6.07, 6.45) is 4.46. The molecule has 2 heterocycles. The Balaban J connectivity index is 1.97. The molecule has 144 valence electrons. The van der Waals surface area contributed by atoms with E-state index in [0.29, 0.717) is 10.9 Å². The average Bonchev–Trinajstić information content (AvgIpc) is 3.09. The first-order chi connectivity index (χ1) is 13.4. The van der Waals surface area contributed by atoms with Crippen molar-refractivity contribution in [2.24, 2.45) is 0 Å². The Bertz CT molecular complexity index is 1200. The Kier molecular flexibility index (Phi) is 4.52. The van der Waals surface area contributed by atoms with Crippen molar-refractivity contribution in [3.8, 4) is 0 Å². The summed E-state index contributed by atoms with van der Waals surface area (Å²) < 4.78 is 27.7. The third kappa shape index (κ3) is 3.10. The first kappa shape index (κ1) is 18.4. The molecule has 0 bridgehead atoms. The van der Waals surface area contributed by atoms with Crippen LogP contribution in [0.3, 0.4) is 0 Å². The highest BCUT2D eigenvalue weighted by molar-refractivity contribution is 7.90. The molecule has 4 rings (SSSR count). The molecule has 0 fully saturated rings. The van der Waals surface area contributed by atoms with Gasteiger partial charge in [0.1, 0.15) is 0 Å². The number of nitrogens with zero attached hydrogens (tertiary/aromatic N) is 3. The van der Waals surface area contributed by atoms with Crippen molar-refractivity contribution in [3.05, 3.63) is 76.5 Å². The molecule has 0 saturated carbocycles. The molecule has 0 atom stereocenters. The second-order valence-electron chi connectivity index (χ2n) is 6.86. The van der Waals surface area contributed by atoms with Gasteiger partial charge in [0.2, 0.25) is 0 Å². The van der Waals surface area contributed by atoms with E-state index in [4.69, 9.17) is 0 Å². The Morgan fingerprint density at radius 3 is 2.50 bits per heavy atom. The molecule has 8 heteroatoms. The zero-order chi connectivity index (χ0) is 19.9. The fourth-order valence-corrected chi connectivity index (χ4v) is 4.86. The molecule has 1 aromatic heterocycles. The minimum atomic E-state index is -3.88. The van der Waals surface area contributed by atoms with Crippen LogP contribution < -0.4 is 0 Å². The van der Waals surface area contributed by atoms with E-state index in [1.807, 2.05) is 7.05 Å². The van der Waals surface area contributed by atoms with Crippen LogP contribution in [0.4, 0.5) is 5.69 Å². The summed E-state index contributed by atoms with van der Waals surface area (Å²) in [6.45, 7) is 1.65. The van der Waals surface area contributed by atoms with Crippen LogP contribution in [0.5, 0.6) is 0 Å². The number of hydrogen-bond donors (Lipinski definition) is 0. The van der Waals surface area contributed by atoms with Gasteiger partial charge < -0.3 is 4.90 Å². The molecule has 28 heavy (non-hydrogen) atoms. The van der Waals surface area contributed by atoms with E-state index in [2.05, 4.69) is 11.0 Å². The van der Waals surface area contributed by atoms with Gasteiger partial charge >= 0.3 is 0 Å². The van der Waals surface area contributed by atoms with Gasteiger partial charge in [-0.25, -0.2) is 12.4 Å². The Morgan fingerprint density at radius 1 is 1.11 bits per heavy atom. The van der Waals surface area contributed by atoms with Crippen molar-refractivity contribution < 1.29 is 13.3 Å². The Hall–Kier alpha value is -2.97. The van der Waals surface area contributed by atoms with Crippen molar-refractivity contribution in [1.82, 2.24) is 8.87 Å². The van der Waals surface area contributed by atoms with Crippen LogP contribution >= 0.6 is 0 Å². The Labute approximate surface area is 162 Å². The lowest BCUT2D eigenvalue weighted by Crippen LogP contribution is -2.23. The first-order valence-corrected chi connectivity index (χ1v) is 10.3. The lowest BCUT2D eigenvalue weighted by Gasteiger charge is -2.21. The van der Waals surface area contributed by atoms with Gasteiger partial charge in [-0.15, -0.1) is 0 Å². The van der Waals surface area contributed by atoms with E-state index in [0.717, 1.165) is 30.6 Å². The van der Waals surface area contributed by atoms with E-state index >= 15 is 0 Å². The van der Waals surface area contributed by atoms with Crippen LogP contribution in [0.1, 0.15) is 12.0 Å². The van der Waals surface area contributed by atoms with Crippen LogP contribution in [-0.2, 0) is 10.0 Å². The number of likely N-dealkylation sites (N-methyl/N-ethyl adjacent to an activating group) is 1. The second-order valence-corrected chi connectivity index (χ2v) is 8.67. The number of hydrogen-bond acceptors (Lipinski definition) is 5. The average molecular weight is 397 g/mol. The van der Waals surface area contributed by atoms with E-state index in [1.165, 1.54) is 28.2 Å². The molecule has 7 nitrogen and oxygen atoms in total. The second kappa shape index (κ2) is 6.88. The first-order valence-electron chi connectivity index (χ1n) is 8.86. The predicted octanol–water partition coefficient (Wildman–Crippen LogP) is 3.51. The fourth-order valence-electron chi connectivity index (χ4n) is 3.48. The van der Waals surface area contributed by atoms with Crippen molar-refractivity contribution >= 4 is 32.2 Å². The zero-order valence-corrected chi connectivity index (χ0v) is 16.1. The van der Waals surface area contributed by atoms with Crippen LogP contribution in [0, 0.1) is 10.1 Å². The van der Waals surface area contributed by atoms with Gasteiger partial charge in [0.15, 0.2) is 0 Å². The monoisotopic (exact) mass is 397 g/mol. The predicted molar refractivity (Wildman–Crippen MR) is 108 cm³/mol. The molecule has 0 amide bonds. The van der Waals surface area contributed by atoms with Crippen molar-refractivity contribution in [1.29, 1.82) is 0 Å². The van der Waals surface area contributed by atoms with Gasteiger partial charge in [-0.1, -0.05) is 24.3 Å². The summed E-state index contributed by atoms with van der Waals surface area (Å²) in [4.78, 5) is 13.1. The number of nitro groups is 1. The molecule has 0 N–H and O–H groups in total. The standard InChI is InChI=1S/C20H19N3O4S/c1-21-11-9-15(10-12-21)19-14-22(28(26,27)17-5-3-2-4-6-17)20-13-16(23(24)25)7-8-18(19)20/h2-9,13-14H,10-12H2,1H3. The maximum atomic E-state index is 13.2. The third-order valence-electron chi connectivity index (χ3n) is 5.02. The Morgan fingerprint density at radius 2 is 1.86 bits per heavy atom. The number of fused-ring (bicyclic) bond motifs is 1. The van der Waals surface area contributed by atoms with Gasteiger partial charge in [-0.05, 0) is 37.2 Å². The lowest BCUT2D eigenvalue weighted by atomic mass is 9.99. The van der Waals surface area contributed by atoms with Crippen LogP contribution in [0.2, 0.25) is 0 Å². The summed E-state index contributed by atoms with van der Waals surface area (Å²) >= 11 is 0. The van der Waals surface area contributed by atoms with Gasteiger partial charge in [0.05, 0.1) is 15.3 Å². The molecular weight excluding hydrogens is 378 g/mol. The van der Waals surface area contributed by atoms with Crippen molar-refractivity contribution in [2.75, 3.05) is 20.1 Å². The molecule has 0 spiro atoms. The minimum Gasteiger partial charge on any atom is -0.302 e. The smallest absolute Gasteiger partial charge is 0.271 e. The highest BCUT2D eigenvalue weighted by Crippen LogP contribution is 2.34. The highest BCUT2D eigenvalue weighted by atomic mass is 32.2. The topological polar surface area (TPSA) is 85.5 Å². The molecule has 0 saturated heterocycles. The summed E-state index contributed by atoms with van der Waals surface area (Å²) in [5.74, 6) is 0. The molecule has 3 aromatic rings. The summed E-state index contributed by atoms with van der Waals surface area (Å²) in [6, 6.07) is 12.5. The molecule has 0 aliphatic carbocycles. The van der Waals surface area contributed by atoms with Gasteiger partial charge in [0.25, 0.3) is 15.7 Å². The van der Waals surface area contributed by atoms with Gasteiger partial charge in [-0.2, -0.15) is 0 Å². The maximum absolute atomic E-state index is 13.2. The van der Waals surface area contributed by atoms with Gasteiger partial charge in [-0.3, -0.25) is 10.1 Å². The van der Waals surface area contributed by atoms with Crippen LogP contribution in [0.15, 0.2) is 65.7 Å². The van der Waals surface area contributed by atoms with E-state index < -0.39 is 14.9 Å². The minimum absolute atomic E-state index is 0.140. The molecule has 1 aliphatic rings. The number of rotatable bonds is 4. The number of nitro benzene ring substituents is 1. The van der Waals surface area contributed by atoms with E-state index in [-0.39, 0.29) is 10.6 Å². The SMILES string of the molecule is CN1CC=C(c2cn(S(=O)(=O)c3ccccc3)c3cc([N+](=O)[O-])ccc23)CC1. The van der Waals surface area contributed by atoms with Crippen LogP contribution in [-0.4, -0.2) is 42.4 Å². The fraction of sp³-hybridized carbons (Fsp3) is 0.200. The molecule has 0 unspecified atom stereocenters. The molecule has 2 aromatic carbocycles. The molecule has 0 radical (unpaired) electrons. The third-order valence-corrected chi connectivity index (χ3v) is 6.71. The quantitative estimate of drug-likeness (QED) is 0.497. The van der Waals surface area contributed by atoms with Crippen molar-refractivity contribution in [3.63, 3.8) is 0 Å². The summed E-state index contributed by atoms with van der Waals surface area (Å²) in [7, 11) is -1.85. The van der Waals surface area contributed by atoms with Gasteiger partial charge in [0, 0.05) is 42.4 Å². The summed E-state index contributed by atoms with van der Waals surface area (Å²) in [5.41, 5.74) is 2.03. The maximum Gasteiger partial charge on any atom is 0.271 e. The summed E-state index contributed by atoms with van der Waals surface area (Å²) in [5, 5.41) is 11.9. The highest BCUT2D eigenvalue weighted by Gasteiger charge is 2.24. The lowest BCUT2D eigenvalue weighted by molar-refractivity contribution is -0.384. The van der Waals surface area contributed by atoms with E-state index in [9.17, 15) is 18.5 Å². The number of aromatic nitrogens is 1. The van der Waals surface area contributed by atoms with Crippen LogP contribution in [0.25, 0.3) is 16.5 Å². The van der Waals surface area contributed by atoms with Crippen molar-refractivity contribution in [2.45, 2.75) is 11.3 Å². The largest absolute Gasteiger partial charge is 0.302 e. The molecule has 1 aliphatic heterocycles. The number of non-ortho nitro benzene ring substituents is 1. The number of benzene rings is 2. The normalized spacial score (nSPS) is 15.5. The molecular formula is C20H19N3O4S. The van der Waals surface area contributed by atoms with E-state index in [1.54, 1.807) is 30.5 Å².